The molecule has 0 amide bonds. The lowest BCUT2D eigenvalue weighted by Crippen LogP contribution is -2.04. The average molecular weight is 178 g/mol. The van der Waals surface area contributed by atoms with Gasteiger partial charge in [0.2, 0.25) is 5.82 Å². The lowest BCUT2D eigenvalue weighted by atomic mass is 10.5. The number of aromatic carboxylic acids is 1. The van der Waals surface area contributed by atoms with Crippen LogP contribution in [0.1, 0.15) is 16.3 Å². The van der Waals surface area contributed by atoms with Gasteiger partial charge in [0.15, 0.2) is 5.65 Å². The standard InChI is InChI=1S/C7H6N4O2/c1-4-3-11-5(2-8-4)9-10-6(11)7(12)13/h2-3H,1H3,(H,12,13). The molecule has 0 bridgehead atoms. The summed E-state index contributed by atoms with van der Waals surface area (Å²) in [5.74, 6) is -1.20. The topological polar surface area (TPSA) is 80.4 Å². The van der Waals surface area contributed by atoms with Gasteiger partial charge in [-0.15, -0.1) is 10.2 Å². The van der Waals surface area contributed by atoms with Crippen molar-refractivity contribution in [3.05, 3.63) is 23.9 Å². The molecule has 0 spiro atoms. The quantitative estimate of drug-likeness (QED) is 0.671. The maximum atomic E-state index is 10.6. The van der Waals surface area contributed by atoms with Crippen LogP contribution in [0.25, 0.3) is 5.65 Å². The Balaban J connectivity index is 2.79. The first kappa shape index (κ1) is 7.66. The van der Waals surface area contributed by atoms with Crippen LogP contribution < -0.4 is 0 Å². The Kier molecular flexibility index (Phi) is 1.48. The fourth-order valence-corrected chi connectivity index (χ4v) is 1.04. The van der Waals surface area contributed by atoms with Crippen molar-refractivity contribution in [2.24, 2.45) is 0 Å². The van der Waals surface area contributed by atoms with Crippen LogP contribution in [0.2, 0.25) is 0 Å². The summed E-state index contributed by atoms with van der Waals surface area (Å²) in [7, 11) is 0. The summed E-state index contributed by atoms with van der Waals surface area (Å²) in [5, 5.41) is 15.9. The zero-order chi connectivity index (χ0) is 9.42. The van der Waals surface area contributed by atoms with E-state index in [1.165, 1.54) is 10.6 Å². The SMILES string of the molecule is Cc1cn2c(C(=O)O)nnc2cn1. The summed E-state index contributed by atoms with van der Waals surface area (Å²) in [4.78, 5) is 14.6. The molecular formula is C7H6N4O2. The number of fused-ring (bicyclic) bond motifs is 1. The van der Waals surface area contributed by atoms with Gasteiger partial charge in [-0.1, -0.05) is 0 Å². The molecule has 2 heterocycles. The Morgan fingerprint density at radius 1 is 1.54 bits per heavy atom. The summed E-state index contributed by atoms with van der Waals surface area (Å²) in [5.41, 5.74) is 1.15. The van der Waals surface area contributed by atoms with E-state index in [0.717, 1.165) is 5.69 Å². The molecule has 0 unspecified atom stereocenters. The molecule has 2 rings (SSSR count). The third-order valence-electron chi connectivity index (χ3n) is 1.61. The van der Waals surface area contributed by atoms with Crippen LogP contribution in [0.15, 0.2) is 12.4 Å². The number of rotatable bonds is 1. The van der Waals surface area contributed by atoms with Gasteiger partial charge in [-0.3, -0.25) is 9.38 Å². The minimum absolute atomic E-state index is 0.0968. The van der Waals surface area contributed by atoms with Crippen molar-refractivity contribution in [1.82, 2.24) is 19.6 Å². The third kappa shape index (κ3) is 1.12. The van der Waals surface area contributed by atoms with Crippen LogP contribution in [-0.2, 0) is 0 Å². The zero-order valence-electron chi connectivity index (χ0n) is 6.80. The molecular weight excluding hydrogens is 172 g/mol. The monoisotopic (exact) mass is 178 g/mol. The molecule has 2 aromatic rings. The zero-order valence-corrected chi connectivity index (χ0v) is 6.80. The molecule has 1 N–H and O–H groups in total. The highest BCUT2D eigenvalue weighted by molar-refractivity contribution is 5.84. The molecule has 0 aliphatic heterocycles. The third-order valence-corrected chi connectivity index (χ3v) is 1.61. The second-order valence-electron chi connectivity index (χ2n) is 2.59. The molecule has 6 heteroatoms. The van der Waals surface area contributed by atoms with E-state index >= 15 is 0 Å². The van der Waals surface area contributed by atoms with Gasteiger partial charge in [0.1, 0.15) is 0 Å². The van der Waals surface area contributed by atoms with Crippen molar-refractivity contribution in [2.45, 2.75) is 6.92 Å². The second-order valence-corrected chi connectivity index (χ2v) is 2.59. The van der Waals surface area contributed by atoms with E-state index in [1.807, 2.05) is 0 Å². The smallest absolute Gasteiger partial charge is 0.374 e. The van der Waals surface area contributed by atoms with Crippen molar-refractivity contribution < 1.29 is 9.90 Å². The molecule has 0 aromatic carbocycles. The van der Waals surface area contributed by atoms with Crippen LogP contribution in [-0.4, -0.2) is 30.7 Å². The maximum Gasteiger partial charge on any atom is 0.374 e. The number of hydrogen-bond acceptors (Lipinski definition) is 4. The highest BCUT2D eigenvalue weighted by atomic mass is 16.4. The van der Waals surface area contributed by atoms with Gasteiger partial charge in [0.05, 0.1) is 11.9 Å². The van der Waals surface area contributed by atoms with Crippen LogP contribution in [0, 0.1) is 6.92 Å². The van der Waals surface area contributed by atoms with Crippen molar-refractivity contribution in [3.63, 3.8) is 0 Å². The molecule has 0 saturated heterocycles. The van der Waals surface area contributed by atoms with Crippen LogP contribution in [0.5, 0.6) is 0 Å². The highest BCUT2D eigenvalue weighted by Gasteiger charge is 2.12. The molecule has 66 valence electrons. The number of carboxylic acid groups (broad SMARTS) is 1. The van der Waals surface area contributed by atoms with E-state index in [4.69, 9.17) is 5.11 Å². The Morgan fingerprint density at radius 3 is 3.00 bits per heavy atom. The number of nitrogens with zero attached hydrogens (tertiary/aromatic N) is 4. The first-order valence-corrected chi connectivity index (χ1v) is 3.59. The fraction of sp³-hybridized carbons (Fsp3) is 0.143. The molecule has 6 nitrogen and oxygen atoms in total. The highest BCUT2D eigenvalue weighted by Crippen LogP contribution is 2.02. The number of carbonyl (C=O) groups is 1. The molecule has 0 saturated carbocycles. The van der Waals surface area contributed by atoms with Crippen molar-refractivity contribution in [1.29, 1.82) is 0 Å². The van der Waals surface area contributed by atoms with Gasteiger partial charge in [-0.25, -0.2) is 4.79 Å². The fourth-order valence-electron chi connectivity index (χ4n) is 1.04. The average Bonchev–Trinajstić information content (AvgIpc) is 2.46. The summed E-state index contributed by atoms with van der Waals surface area (Å²) in [6, 6.07) is 0. The van der Waals surface area contributed by atoms with Crippen LogP contribution in [0.4, 0.5) is 0 Å². The van der Waals surface area contributed by atoms with E-state index in [9.17, 15) is 4.79 Å². The van der Waals surface area contributed by atoms with E-state index in [-0.39, 0.29) is 5.82 Å². The Hall–Kier alpha value is -1.98. The molecule has 0 fully saturated rings. The van der Waals surface area contributed by atoms with E-state index in [0.29, 0.717) is 5.65 Å². The molecule has 2 aromatic heterocycles. The molecule has 13 heavy (non-hydrogen) atoms. The van der Waals surface area contributed by atoms with Gasteiger partial charge in [0.25, 0.3) is 0 Å². The summed E-state index contributed by atoms with van der Waals surface area (Å²) < 4.78 is 1.39. The van der Waals surface area contributed by atoms with Crippen molar-refractivity contribution in [3.8, 4) is 0 Å². The second kappa shape index (κ2) is 2.51. The van der Waals surface area contributed by atoms with Crippen molar-refractivity contribution in [2.75, 3.05) is 0 Å². The van der Waals surface area contributed by atoms with E-state index in [1.54, 1.807) is 13.1 Å². The first-order valence-electron chi connectivity index (χ1n) is 3.59. The largest absolute Gasteiger partial charge is 0.475 e. The predicted octanol–water partition coefficient (Wildman–Crippen LogP) is 0.131. The Labute approximate surface area is 72.9 Å². The van der Waals surface area contributed by atoms with E-state index < -0.39 is 5.97 Å². The van der Waals surface area contributed by atoms with Gasteiger partial charge in [-0.05, 0) is 6.92 Å². The number of carboxylic acids is 1. The normalized spacial score (nSPS) is 10.5. The molecule has 0 aliphatic rings. The summed E-state index contributed by atoms with van der Waals surface area (Å²) in [6.07, 6.45) is 3.06. The first-order chi connectivity index (χ1) is 6.18. The van der Waals surface area contributed by atoms with Gasteiger partial charge in [-0.2, -0.15) is 0 Å². The summed E-state index contributed by atoms with van der Waals surface area (Å²) in [6.45, 7) is 1.77. The van der Waals surface area contributed by atoms with Crippen LogP contribution >= 0.6 is 0 Å². The maximum absolute atomic E-state index is 10.6. The minimum atomic E-state index is -1.10. The van der Waals surface area contributed by atoms with E-state index in [2.05, 4.69) is 15.2 Å². The number of hydrogen-bond donors (Lipinski definition) is 1. The number of aromatic nitrogens is 4. The molecule has 0 aliphatic carbocycles. The minimum Gasteiger partial charge on any atom is -0.475 e. The van der Waals surface area contributed by atoms with Crippen LogP contribution in [0.3, 0.4) is 0 Å². The molecule has 0 radical (unpaired) electrons. The van der Waals surface area contributed by atoms with Gasteiger partial charge in [0, 0.05) is 6.20 Å². The van der Waals surface area contributed by atoms with Crippen molar-refractivity contribution >= 4 is 11.6 Å². The Bertz CT molecular complexity index is 476. The summed E-state index contributed by atoms with van der Waals surface area (Å²) >= 11 is 0. The lowest BCUT2D eigenvalue weighted by molar-refractivity contribution is 0.0682. The van der Waals surface area contributed by atoms with Gasteiger partial charge < -0.3 is 5.11 Å². The van der Waals surface area contributed by atoms with Gasteiger partial charge >= 0.3 is 5.97 Å². The molecule has 0 atom stereocenters. The Morgan fingerprint density at radius 2 is 2.31 bits per heavy atom. The number of aryl methyl sites for hydroxylation is 1. The lowest BCUT2D eigenvalue weighted by Gasteiger charge is -1.94. The predicted molar refractivity (Wildman–Crippen MR) is 42.5 cm³/mol.